The Morgan fingerprint density at radius 3 is 2.21 bits per heavy atom. The van der Waals surface area contributed by atoms with Gasteiger partial charge >= 0.3 is 12.8 Å². The van der Waals surface area contributed by atoms with E-state index in [-0.39, 0.29) is 41.7 Å². The van der Waals surface area contributed by atoms with E-state index in [1.807, 2.05) is 4.90 Å². The van der Waals surface area contributed by atoms with Gasteiger partial charge in [0.25, 0.3) is 5.91 Å². The molecule has 12 heteroatoms. The third-order valence-electron chi connectivity index (χ3n) is 7.40. The lowest BCUT2D eigenvalue weighted by Gasteiger charge is -2.27. The van der Waals surface area contributed by atoms with Crippen LogP contribution in [0.1, 0.15) is 52.7 Å². The van der Waals surface area contributed by atoms with Gasteiger partial charge in [-0.2, -0.15) is 22.0 Å². The van der Waals surface area contributed by atoms with Crippen LogP contribution in [-0.4, -0.2) is 45.9 Å². The number of nitrogens with one attached hydrogen (secondary N) is 1. The van der Waals surface area contributed by atoms with E-state index in [0.717, 1.165) is 28.9 Å². The van der Waals surface area contributed by atoms with Crippen LogP contribution in [0, 0.1) is 0 Å². The molecule has 1 fully saturated rings. The van der Waals surface area contributed by atoms with Crippen molar-refractivity contribution in [2.75, 3.05) is 23.8 Å². The molecule has 226 valence electrons. The zero-order valence-electron chi connectivity index (χ0n) is 22.8. The summed E-state index contributed by atoms with van der Waals surface area (Å²) in [5, 5.41) is 2.80. The number of rotatable bonds is 11. The zero-order chi connectivity index (χ0) is 30.5. The highest BCUT2D eigenvalue weighted by Gasteiger charge is 2.34. The number of halogens is 5. The maximum absolute atomic E-state index is 13.0. The lowest BCUT2D eigenvalue weighted by atomic mass is 9.94. The largest absolute Gasteiger partial charge is 0.416 e. The number of benzene rings is 3. The fourth-order valence-corrected chi connectivity index (χ4v) is 5.94. The Kier molecular flexibility index (Phi) is 9.88. The summed E-state index contributed by atoms with van der Waals surface area (Å²) in [6.07, 6.45) is -3.60. The highest BCUT2D eigenvalue weighted by atomic mass is 32.2. The van der Waals surface area contributed by atoms with Gasteiger partial charge in [-0.15, -0.1) is 0 Å². The molecule has 4 rings (SSSR count). The normalized spacial score (nSPS) is 17.5. The average Bonchev–Trinajstić information content (AvgIpc) is 3.39. The standard InChI is InChI=1S/C30H31F5N2O4S/c1-2-42(39,40)27-13-3-20(4-14-27)18-36-28(38)22-7-11-25(12-8-22)37-19-23(17-26(37)15-16-41-29(31)32)21-5-9-24(10-6-21)30(33,34)35/h3-14,23,26,29H,2,15-19H2,1H3,(H,36,38)/t23?,26-/m1/s1. The van der Waals surface area contributed by atoms with Crippen LogP contribution in [0.25, 0.3) is 0 Å². The van der Waals surface area contributed by atoms with E-state index in [4.69, 9.17) is 0 Å². The van der Waals surface area contributed by atoms with Crippen LogP contribution in [0.3, 0.4) is 0 Å². The molecule has 1 amide bonds. The molecule has 0 saturated carbocycles. The predicted molar refractivity (Wildman–Crippen MR) is 148 cm³/mol. The van der Waals surface area contributed by atoms with Gasteiger partial charge in [0, 0.05) is 36.3 Å². The van der Waals surface area contributed by atoms with Gasteiger partial charge in [-0.25, -0.2) is 8.42 Å². The van der Waals surface area contributed by atoms with Crippen molar-refractivity contribution in [1.29, 1.82) is 0 Å². The number of hydrogen-bond acceptors (Lipinski definition) is 5. The molecule has 42 heavy (non-hydrogen) atoms. The number of carbonyl (C=O) groups excluding carboxylic acids is 1. The quantitative estimate of drug-likeness (QED) is 0.254. The molecule has 2 atom stereocenters. The molecule has 3 aromatic rings. The van der Waals surface area contributed by atoms with E-state index in [1.165, 1.54) is 24.3 Å². The number of hydrogen-bond donors (Lipinski definition) is 1. The van der Waals surface area contributed by atoms with Gasteiger partial charge in [0.15, 0.2) is 9.84 Å². The van der Waals surface area contributed by atoms with Crippen molar-refractivity contribution in [1.82, 2.24) is 5.32 Å². The number of sulfone groups is 1. The lowest BCUT2D eigenvalue weighted by Crippen LogP contribution is -2.30. The van der Waals surface area contributed by atoms with Gasteiger partial charge in [-0.3, -0.25) is 4.79 Å². The Hall–Kier alpha value is -3.51. The predicted octanol–water partition coefficient (Wildman–Crippen LogP) is 6.42. The summed E-state index contributed by atoms with van der Waals surface area (Å²) < 4.78 is 92.6. The third kappa shape index (κ3) is 7.86. The smallest absolute Gasteiger partial charge is 0.368 e. The SMILES string of the molecule is CCS(=O)(=O)c1ccc(CNC(=O)c2ccc(N3CC(c4ccc(C(F)(F)F)cc4)C[C@H]3CCOC(F)F)cc2)cc1. The van der Waals surface area contributed by atoms with Gasteiger partial charge < -0.3 is 15.0 Å². The van der Waals surface area contributed by atoms with E-state index >= 15 is 0 Å². The van der Waals surface area contributed by atoms with Gasteiger partial charge in [-0.1, -0.05) is 31.2 Å². The Balaban J connectivity index is 1.42. The minimum absolute atomic E-state index is 0.00352. The van der Waals surface area contributed by atoms with Gasteiger partial charge in [-0.05, 0) is 72.5 Å². The fourth-order valence-electron chi connectivity index (χ4n) is 5.06. The van der Waals surface area contributed by atoms with Crippen molar-refractivity contribution in [2.45, 2.75) is 56.0 Å². The Morgan fingerprint density at radius 1 is 1.00 bits per heavy atom. The maximum atomic E-state index is 13.0. The van der Waals surface area contributed by atoms with Crippen molar-refractivity contribution >= 4 is 21.4 Å². The highest BCUT2D eigenvalue weighted by molar-refractivity contribution is 7.91. The van der Waals surface area contributed by atoms with Gasteiger partial charge in [0.2, 0.25) is 0 Å². The minimum atomic E-state index is -4.44. The summed E-state index contributed by atoms with van der Waals surface area (Å²) in [6.45, 7) is -0.853. The number of anilines is 1. The molecule has 1 aliphatic heterocycles. The molecule has 6 nitrogen and oxygen atoms in total. The maximum Gasteiger partial charge on any atom is 0.416 e. The molecule has 1 unspecified atom stereocenters. The summed E-state index contributed by atoms with van der Waals surface area (Å²) in [5.74, 6) is -0.459. The molecular weight excluding hydrogens is 579 g/mol. The highest BCUT2D eigenvalue weighted by Crippen LogP contribution is 2.38. The van der Waals surface area contributed by atoms with Crippen molar-refractivity contribution in [3.05, 3.63) is 95.1 Å². The summed E-state index contributed by atoms with van der Waals surface area (Å²) in [7, 11) is -3.31. The van der Waals surface area contributed by atoms with Crippen LogP contribution in [-0.2, 0) is 27.3 Å². The number of ether oxygens (including phenoxy) is 1. The van der Waals surface area contributed by atoms with Crippen LogP contribution in [0.2, 0.25) is 0 Å². The first kappa shape index (κ1) is 31.4. The molecule has 3 aromatic carbocycles. The monoisotopic (exact) mass is 610 g/mol. The van der Waals surface area contributed by atoms with Crippen LogP contribution < -0.4 is 10.2 Å². The first-order valence-electron chi connectivity index (χ1n) is 13.4. The summed E-state index contributed by atoms with van der Waals surface area (Å²) in [4.78, 5) is 15.0. The molecule has 1 saturated heterocycles. The van der Waals surface area contributed by atoms with Crippen molar-refractivity contribution in [2.24, 2.45) is 0 Å². The van der Waals surface area contributed by atoms with Gasteiger partial charge in [0.05, 0.1) is 22.8 Å². The zero-order valence-corrected chi connectivity index (χ0v) is 23.6. The molecule has 1 N–H and O–H groups in total. The van der Waals surface area contributed by atoms with Crippen LogP contribution >= 0.6 is 0 Å². The first-order valence-corrected chi connectivity index (χ1v) is 15.1. The van der Waals surface area contributed by atoms with E-state index in [1.54, 1.807) is 43.3 Å². The van der Waals surface area contributed by atoms with E-state index in [0.29, 0.717) is 24.9 Å². The number of carbonyl (C=O) groups is 1. The Bertz CT molecular complexity index is 1450. The summed E-state index contributed by atoms with van der Waals surface area (Å²) >= 11 is 0. The third-order valence-corrected chi connectivity index (χ3v) is 9.15. The summed E-state index contributed by atoms with van der Waals surface area (Å²) in [5.41, 5.74) is 1.85. The topological polar surface area (TPSA) is 75.7 Å². The van der Waals surface area contributed by atoms with Crippen LogP contribution in [0.15, 0.2) is 77.7 Å². The minimum Gasteiger partial charge on any atom is -0.368 e. The van der Waals surface area contributed by atoms with E-state index in [9.17, 15) is 35.2 Å². The lowest BCUT2D eigenvalue weighted by molar-refractivity contribution is -0.137. The average molecular weight is 611 g/mol. The molecule has 0 aliphatic carbocycles. The molecule has 0 spiro atoms. The Labute approximate surface area is 241 Å². The molecule has 0 aromatic heterocycles. The second-order valence-corrected chi connectivity index (χ2v) is 12.3. The first-order chi connectivity index (χ1) is 19.9. The van der Waals surface area contributed by atoms with Crippen LogP contribution in [0.5, 0.6) is 0 Å². The summed E-state index contributed by atoms with van der Waals surface area (Å²) in [6, 6.07) is 17.9. The van der Waals surface area contributed by atoms with E-state index < -0.39 is 28.2 Å². The molecule has 0 radical (unpaired) electrons. The second-order valence-electron chi connectivity index (χ2n) is 10.1. The Morgan fingerprint density at radius 2 is 1.64 bits per heavy atom. The van der Waals surface area contributed by atoms with Crippen LogP contribution in [0.4, 0.5) is 27.6 Å². The second kappa shape index (κ2) is 13.2. The molecule has 0 bridgehead atoms. The van der Waals surface area contributed by atoms with Crippen molar-refractivity contribution in [3.63, 3.8) is 0 Å². The van der Waals surface area contributed by atoms with Crippen molar-refractivity contribution in [3.8, 4) is 0 Å². The number of nitrogens with zero attached hydrogens (tertiary/aromatic N) is 1. The van der Waals surface area contributed by atoms with E-state index in [2.05, 4.69) is 10.1 Å². The number of alkyl halides is 5. The number of amides is 1. The molecular formula is C30H31F5N2O4S. The molecule has 1 heterocycles. The fraction of sp³-hybridized carbons (Fsp3) is 0.367. The van der Waals surface area contributed by atoms with Gasteiger partial charge in [0.1, 0.15) is 0 Å². The molecule has 1 aliphatic rings. The van der Waals surface area contributed by atoms with Crippen molar-refractivity contribution < 1.29 is 39.9 Å².